The van der Waals surface area contributed by atoms with Crippen molar-refractivity contribution < 1.29 is 4.74 Å². The van der Waals surface area contributed by atoms with Crippen LogP contribution in [0.5, 0.6) is 0 Å². The van der Waals surface area contributed by atoms with Crippen LogP contribution in [0.4, 0.5) is 0 Å². The van der Waals surface area contributed by atoms with Gasteiger partial charge in [-0.15, -0.1) is 11.3 Å². The van der Waals surface area contributed by atoms with Crippen LogP contribution in [0.2, 0.25) is 0 Å². The topological polar surface area (TPSA) is 24.5 Å². The summed E-state index contributed by atoms with van der Waals surface area (Å²) >= 11 is 1.85. The van der Waals surface area contributed by atoms with Gasteiger partial charge in [-0.05, 0) is 37.4 Å². The Balaban J connectivity index is 1.70. The third-order valence-electron chi connectivity index (χ3n) is 3.22. The molecule has 1 aromatic rings. The quantitative estimate of drug-likeness (QED) is 0.868. The Morgan fingerprint density at radius 3 is 3.12 bits per heavy atom. The maximum atomic E-state index is 5.70. The average molecular weight is 254 g/mol. The van der Waals surface area contributed by atoms with Crippen LogP contribution in [0.1, 0.15) is 16.9 Å². The van der Waals surface area contributed by atoms with Gasteiger partial charge in [0, 0.05) is 31.1 Å². The van der Waals surface area contributed by atoms with Crippen molar-refractivity contribution in [2.45, 2.75) is 26.0 Å². The molecule has 0 saturated carbocycles. The van der Waals surface area contributed by atoms with Gasteiger partial charge in [-0.3, -0.25) is 0 Å². The largest absolute Gasteiger partial charge is 0.376 e. The third-order valence-corrected chi connectivity index (χ3v) is 4.23. The van der Waals surface area contributed by atoms with Crippen LogP contribution in [0, 0.1) is 6.92 Å². The van der Waals surface area contributed by atoms with E-state index < -0.39 is 0 Å². The fraction of sp³-hybridized carbons (Fsp3) is 0.692. The van der Waals surface area contributed by atoms with Gasteiger partial charge in [0.05, 0.1) is 12.7 Å². The van der Waals surface area contributed by atoms with E-state index in [-0.39, 0.29) is 0 Å². The lowest BCUT2D eigenvalue weighted by molar-refractivity contribution is 0.0184. The van der Waals surface area contributed by atoms with Crippen LogP contribution in [-0.4, -0.2) is 44.3 Å². The first-order chi connectivity index (χ1) is 8.25. The minimum atomic E-state index is 0.399. The highest BCUT2D eigenvalue weighted by molar-refractivity contribution is 7.10. The zero-order valence-corrected chi connectivity index (χ0v) is 11.6. The smallest absolute Gasteiger partial charge is 0.0712 e. The van der Waals surface area contributed by atoms with Gasteiger partial charge >= 0.3 is 0 Å². The molecule has 0 spiro atoms. The van der Waals surface area contributed by atoms with Crippen molar-refractivity contribution in [1.29, 1.82) is 0 Å². The molecule has 0 aliphatic carbocycles. The average Bonchev–Trinajstić information content (AvgIpc) is 2.74. The number of ether oxygens (including phenoxy) is 1. The number of hydrogen-bond acceptors (Lipinski definition) is 4. The molecule has 1 atom stereocenters. The molecule has 4 heteroatoms. The second-order valence-corrected chi connectivity index (χ2v) is 5.75. The van der Waals surface area contributed by atoms with Gasteiger partial charge in [-0.1, -0.05) is 0 Å². The zero-order chi connectivity index (χ0) is 12.1. The second-order valence-electron chi connectivity index (χ2n) is 4.75. The van der Waals surface area contributed by atoms with E-state index in [1.165, 1.54) is 10.4 Å². The zero-order valence-electron chi connectivity index (χ0n) is 10.7. The fourth-order valence-corrected chi connectivity index (χ4v) is 3.05. The highest BCUT2D eigenvalue weighted by Gasteiger charge is 2.14. The van der Waals surface area contributed by atoms with Gasteiger partial charge in [-0.2, -0.15) is 0 Å². The van der Waals surface area contributed by atoms with Gasteiger partial charge in [0.1, 0.15) is 0 Å². The Morgan fingerprint density at radius 2 is 2.47 bits per heavy atom. The Hall–Kier alpha value is -0.420. The fourth-order valence-electron chi connectivity index (χ4n) is 2.06. The van der Waals surface area contributed by atoms with Crippen LogP contribution >= 0.6 is 11.3 Å². The summed E-state index contributed by atoms with van der Waals surface area (Å²) in [6.45, 7) is 7.21. The monoisotopic (exact) mass is 254 g/mol. The molecular formula is C13H22N2OS. The van der Waals surface area contributed by atoms with E-state index in [0.717, 1.165) is 39.2 Å². The van der Waals surface area contributed by atoms with Crippen molar-refractivity contribution in [3.8, 4) is 0 Å². The number of nitrogens with zero attached hydrogens (tertiary/aromatic N) is 1. The van der Waals surface area contributed by atoms with Crippen LogP contribution in [0.15, 0.2) is 11.4 Å². The van der Waals surface area contributed by atoms with Crippen molar-refractivity contribution in [2.75, 3.05) is 33.3 Å². The summed E-state index contributed by atoms with van der Waals surface area (Å²) in [5.41, 5.74) is 1.41. The lowest BCUT2D eigenvalue weighted by Crippen LogP contribution is -2.40. The molecule has 1 aliphatic rings. The lowest BCUT2D eigenvalue weighted by atomic mass is 10.2. The first-order valence-corrected chi connectivity index (χ1v) is 7.17. The molecule has 0 bridgehead atoms. The van der Waals surface area contributed by atoms with E-state index in [1.54, 1.807) is 0 Å². The van der Waals surface area contributed by atoms with Crippen LogP contribution in [0.25, 0.3) is 0 Å². The number of nitrogens with one attached hydrogen (secondary N) is 1. The SMILES string of the molecule is Cc1ccsc1CN(C)CCC1CNCCO1. The Kier molecular flexibility index (Phi) is 4.98. The molecule has 96 valence electrons. The first kappa shape index (κ1) is 13.0. The molecule has 1 saturated heterocycles. The highest BCUT2D eigenvalue weighted by atomic mass is 32.1. The number of morpholine rings is 1. The van der Waals surface area contributed by atoms with Crippen molar-refractivity contribution in [3.63, 3.8) is 0 Å². The van der Waals surface area contributed by atoms with Crippen LogP contribution < -0.4 is 5.32 Å². The standard InChI is InChI=1S/C13H22N2OS/c1-11-4-8-17-13(11)10-15(2)6-3-12-9-14-5-7-16-12/h4,8,12,14H,3,5-7,9-10H2,1-2H3. The highest BCUT2D eigenvalue weighted by Crippen LogP contribution is 2.17. The van der Waals surface area contributed by atoms with E-state index in [9.17, 15) is 0 Å². The van der Waals surface area contributed by atoms with Gasteiger partial charge in [0.25, 0.3) is 0 Å². The molecule has 0 aromatic carbocycles. The summed E-state index contributed by atoms with van der Waals surface area (Å²) < 4.78 is 5.70. The molecule has 1 aliphatic heterocycles. The minimum Gasteiger partial charge on any atom is -0.376 e. The van der Waals surface area contributed by atoms with Gasteiger partial charge in [0.2, 0.25) is 0 Å². The minimum absolute atomic E-state index is 0.399. The predicted octanol–water partition coefficient (Wildman–Crippen LogP) is 1.87. The molecule has 1 N–H and O–H groups in total. The molecule has 2 heterocycles. The second kappa shape index (κ2) is 6.50. The van der Waals surface area contributed by atoms with E-state index in [4.69, 9.17) is 4.74 Å². The van der Waals surface area contributed by atoms with Crippen molar-refractivity contribution in [3.05, 3.63) is 21.9 Å². The first-order valence-electron chi connectivity index (χ1n) is 6.29. The number of rotatable bonds is 5. The maximum Gasteiger partial charge on any atom is 0.0712 e. The molecule has 0 radical (unpaired) electrons. The van der Waals surface area contributed by atoms with E-state index in [1.807, 2.05) is 11.3 Å². The van der Waals surface area contributed by atoms with Gasteiger partial charge in [0.15, 0.2) is 0 Å². The molecule has 17 heavy (non-hydrogen) atoms. The van der Waals surface area contributed by atoms with Crippen LogP contribution in [-0.2, 0) is 11.3 Å². The molecule has 1 fully saturated rings. The summed E-state index contributed by atoms with van der Waals surface area (Å²) in [4.78, 5) is 3.87. The molecule has 2 rings (SSSR count). The summed E-state index contributed by atoms with van der Waals surface area (Å²) in [6.07, 6.45) is 1.52. The number of aryl methyl sites for hydroxylation is 1. The summed E-state index contributed by atoms with van der Waals surface area (Å²) in [5, 5.41) is 5.55. The van der Waals surface area contributed by atoms with E-state index in [0.29, 0.717) is 6.10 Å². The van der Waals surface area contributed by atoms with E-state index in [2.05, 4.69) is 35.6 Å². The summed E-state index contributed by atoms with van der Waals surface area (Å²) in [7, 11) is 2.19. The Morgan fingerprint density at radius 1 is 1.59 bits per heavy atom. The van der Waals surface area contributed by atoms with Gasteiger partial charge in [-0.25, -0.2) is 0 Å². The summed E-state index contributed by atoms with van der Waals surface area (Å²) in [6, 6.07) is 2.20. The molecule has 0 amide bonds. The molecule has 1 unspecified atom stereocenters. The lowest BCUT2D eigenvalue weighted by Gasteiger charge is -2.25. The predicted molar refractivity (Wildman–Crippen MR) is 72.6 cm³/mol. The van der Waals surface area contributed by atoms with Crippen molar-refractivity contribution in [2.24, 2.45) is 0 Å². The Bertz CT molecular complexity index is 334. The number of thiophene rings is 1. The van der Waals surface area contributed by atoms with Gasteiger partial charge < -0.3 is 15.0 Å². The summed E-state index contributed by atoms with van der Waals surface area (Å²) in [5.74, 6) is 0. The van der Waals surface area contributed by atoms with Crippen molar-refractivity contribution in [1.82, 2.24) is 10.2 Å². The third kappa shape index (κ3) is 4.07. The van der Waals surface area contributed by atoms with E-state index >= 15 is 0 Å². The number of hydrogen-bond donors (Lipinski definition) is 1. The molecule has 1 aromatic heterocycles. The molecule has 3 nitrogen and oxygen atoms in total. The van der Waals surface area contributed by atoms with Crippen LogP contribution in [0.3, 0.4) is 0 Å². The Labute approximate surface area is 108 Å². The normalized spacial score (nSPS) is 21.0. The molecular weight excluding hydrogens is 232 g/mol. The maximum absolute atomic E-state index is 5.70. The van der Waals surface area contributed by atoms with Crippen molar-refractivity contribution >= 4 is 11.3 Å².